The van der Waals surface area contributed by atoms with E-state index in [1.165, 1.54) is 11.1 Å². The second-order valence-electron chi connectivity index (χ2n) is 7.73. The minimum atomic E-state index is 0.0735. The predicted octanol–water partition coefficient (Wildman–Crippen LogP) is 2.20. The predicted molar refractivity (Wildman–Crippen MR) is 98.8 cm³/mol. The maximum atomic E-state index is 12.8. The normalized spacial score (nSPS) is 23.8. The minimum Gasteiger partial charge on any atom is -0.378 e. The lowest BCUT2D eigenvalue weighted by atomic mass is 9.93. The molecule has 1 atom stereocenters. The van der Waals surface area contributed by atoms with E-state index in [0.29, 0.717) is 51.7 Å². The van der Waals surface area contributed by atoms with Gasteiger partial charge in [0, 0.05) is 38.5 Å². The Morgan fingerprint density at radius 1 is 0.962 bits per heavy atom. The molecule has 2 fully saturated rings. The van der Waals surface area contributed by atoms with Crippen molar-refractivity contribution in [3.8, 4) is 0 Å². The number of morpholine rings is 1. The van der Waals surface area contributed by atoms with Crippen molar-refractivity contribution in [1.29, 1.82) is 0 Å². The van der Waals surface area contributed by atoms with Crippen molar-refractivity contribution in [2.75, 3.05) is 39.4 Å². The monoisotopic (exact) mass is 356 g/mol. The Labute approximate surface area is 155 Å². The molecule has 2 aliphatic heterocycles. The van der Waals surface area contributed by atoms with Crippen LogP contribution in [0.1, 0.15) is 42.7 Å². The molecule has 140 valence electrons. The first kappa shape index (κ1) is 17.5. The highest BCUT2D eigenvalue weighted by molar-refractivity contribution is 5.80. The third-order valence-corrected chi connectivity index (χ3v) is 6.20. The van der Waals surface area contributed by atoms with Gasteiger partial charge in [0.15, 0.2) is 0 Å². The first-order valence-electron chi connectivity index (χ1n) is 9.94. The van der Waals surface area contributed by atoms with E-state index in [4.69, 9.17) is 4.74 Å². The van der Waals surface area contributed by atoms with Gasteiger partial charge in [0.2, 0.25) is 11.8 Å². The maximum absolute atomic E-state index is 12.8. The molecule has 5 heteroatoms. The van der Waals surface area contributed by atoms with Gasteiger partial charge in [-0.05, 0) is 42.7 Å². The van der Waals surface area contributed by atoms with Crippen LogP contribution in [0.15, 0.2) is 24.3 Å². The summed E-state index contributed by atoms with van der Waals surface area (Å²) in [6, 6.07) is 8.51. The Kier molecular flexibility index (Phi) is 5.25. The van der Waals surface area contributed by atoms with E-state index in [-0.39, 0.29) is 17.7 Å². The van der Waals surface area contributed by atoms with Gasteiger partial charge in [-0.25, -0.2) is 0 Å². The van der Waals surface area contributed by atoms with E-state index in [9.17, 15) is 9.59 Å². The highest BCUT2D eigenvalue weighted by Gasteiger charge is 2.32. The van der Waals surface area contributed by atoms with Crippen LogP contribution in [0, 0.1) is 5.92 Å². The van der Waals surface area contributed by atoms with Crippen molar-refractivity contribution in [2.45, 2.75) is 38.0 Å². The van der Waals surface area contributed by atoms with E-state index in [1.54, 1.807) is 0 Å². The molecule has 2 heterocycles. The molecule has 0 aromatic heterocycles. The molecule has 1 unspecified atom stereocenters. The molecule has 0 saturated carbocycles. The molecule has 0 bridgehead atoms. The van der Waals surface area contributed by atoms with Crippen LogP contribution in [-0.2, 0) is 20.7 Å². The molecule has 5 nitrogen and oxygen atoms in total. The molecule has 0 spiro atoms. The first-order valence-corrected chi connectivity index (χ1v) is 9.94. The molecule has 26 heavy (non-hydrogen) atoms. The van der Waals surface area contributed by atoms with Crippen molar-refractivity contribution >= 4 is 11.8 Å². The van der Waals surface area contributed by atoms with Crippen molar-refractivity contribution < 1.29 is 14.3 Å². The van der Waals surface area contributed by atoms with E-state index < -0.39 is 0 Å². The Bertz CT molecular complexity index is 661. The summed E-state index contributed by atoms with van der Waals surface area (Å²) in [4.78, 5) is 29.3. The number of carbonyl (C=O) groups is 2. The zero-order chi connectivity index (χ0) is 17.9. The summed E-state index contributed by atoms with van der Waals surface area (Å²) >= 11 is 0. The number of nitrogens with zero attached hydrogens (tertiary/aromatic N) is 2. The summed E-state index contributed by atoms with van der Waals surface area (Å²) in [6.45, 7) is 4.14. The summed E-state index contributed by atoms with van der Waals surface area (Å²) in [5, 5.41) is 0. The van der Waals surface area contributed by atoms with Crippen molar-refractivity contribution in [1.82, 2.24) is 9.80 Å². The number of hydrogen-bond donors (Lipinski definition) is 0. The molecule has 0 N–H and O–H groups in total. The molecule has 2 saturated heterocycles. The Balaban J connectivity index is 1.28. The van der Waals surface area contributed by atoms with Crippen LogP contribution in [0.25, 0.3) is 0 Å². The van der Waals surface area contributed by atoms with Crippen LogP contribution in [0.4, 0.5) is 0 Å². The number of hydrogen-bond acceptors (Lipinski definition) is 3. The summed E-state index contributed by atoms with van der Waals surface area (Å²) in [5.74, 6) is 0.949. The van der Waals surface area contributed by atoms with Gasteiger partial charge in [-0.3, -0.25) is 9.59 Å². The highest BCUT2D eigenvalue weighted by Crippen LogP contribution is 2.36. The standard InChI is InChI=1S/C21H28N2O3/c24-20(15-18-6-5-16-3-1-2-4-19(16)18)22-9-7-17(8-10-22)21(25)23-11-13-26-14-12-23/h1-4,17-18H,5-15H2. The van der Waals surface area contributed by atoms with Crippen molar-refractivity contribution in [3.05, 3.63) is 35.4 Å². The molecule has 1 aromatic rings. The summed E-state index contributed by atoms with van der Waals surface area (Å²) in [7, 11) is 0. The number of amides is 2. The first-order chi connectivity index (χ1) is 12.7. The van der Waals surface area contributed by atoms with Gasteiger partial charge in [-0.2, -0.15) is 0 Å². The van der Waals surface area contributed by atoms with Crippen LogP contribution in [0.2, 0.25) is 0 Å². The van der Waals surface area contributed by atoms with Gasteiger partial charge >= 0.3 is 0 Å². The zero-order valence-corrected chi connectivity index (χ0v) is 15.4. The molecular formula is C21H28N2O3. The lowest BCUT2D eigenvalue weighted by Crippen LogP contribution is -2.47. The fourth-order valence-electron chi connectivity index (χ4n) is 4.62. The number of fused-ring (bicyclic) bond motifs is 1. The average molecular weight is 356 g/mol. The number of rotatable bonds is 3. The molecule has 0 radical (unpaired) electrons. The number of carbonyl (C=O) groups excluding carboxylic acids is 2. The van der Waals surface area contributed by atoms with Gasteiger partial charge in [-0.15, -0.1) is 0 Å². The van der Waals surface area contributed by atoms with E-state index in [0.717, 1.165) is 25.7 Å². The number of piperidine rings is 1. The van der Waals surface area contributed by atoms with Crippen LogP contribution in [0.3, 0.4) is 0 Å². The Morgan fingerprint density at radius 2 is 1.69 bits per heavy atom. The van der Waals surface area contributed by atoms with Crippen molar-refractivity contribution in [2.24, 2.45) is 5.92 Å². The SMILES string of the molecule is O=C(CC1CCc2ccccc21)N1CCC(C(=O)N2CCOCC2)CC1. The van der Waals surface area contributed by atoms with E-state index in [1.807, 2.05) is 9.80 Å². The lowest BCUT2D eigenvalue weighted by molar-refractivity contribution is -0.143. The molecule has 3 aliphatic rings. The minimum absolute atomic E-state index is 0.0735. The largest absolute Gasteiger partial charge is 0.378 e. The quantitative estimate of drug-likeness (QED) is 0.834. The Hall–Kier alpha value is -1.88. The Morgan fingerprint density at radius 3 is 2.46 bits per heavy atom. The van der Waals surface area contributed by atoms with Crippen LogP contribution in [0.5, 0.6) is 0 Å². The number of likely N-dealkylation sites (tertiary alicyclic amines) is 1. The van der Waals surface area contributed by atoms with Crippen molar-refractivity contribution in [3.63, 3.8) is 0 Å². The molecular weight excluding hydrogens is 328 g/mol. The number of benzene rings is 1. The zero-order valence-electron chi connectivity index (χ0n) is 15.4. The maximum Gasteiger partial charge on any atom is 0.225 e. The van der Waals surface area contributed by atoms with Gasteiger partial charge in [-0.1, -0.05) is 24.3 Å². The van der Waals surface area contributed by atoms with Gasteiger partial charge in [0.1, 0.15) is 0 Å². The van der Waals surface area contributed by atoms with E-state index >= 15 is 0 Å². The molecule has 1 aliphatic carbocycles. The number of ether oxygens (including phenoxy) is 1. The highest BCUT2D eigenvalue weighted by atomic mass is 16.5. The average Bonchev–Trinajstić information content (AvgIpc) is 3.11. The fourth-order valence-corrected chi connectivity index (χ4v) is 4.62. The lowest BCUT2D eigenvalue weighted by Gasteiger charge is -2.35. The van der Waals surface area contributed by atoms with Gasteiger partial charge < -0.3 is 14.5 Å². The summed E-state index contributed by atoms with van der Waals surface area (Å²) in [5.41, 5.74) is 2.76. The second kappa shape index (κ2) is 7.78. The molecule has 2 amide bonds. The van der Waals surface area contributed by atoms with Gasteiger partial charge in [0.25, 0.3) is 0 Å². The summed E-state index contributed by atoms with van der Waals surface area (Å²) in [6.07, 6.45) is 4.37. The van der Waals surface area contributed by atoms with Gasteiger partial charge in [0.05, 0.1) is 13.2 Å². The van der Waals surface area contributed by atoms with Crippen LogP contribution < -0.4 is 0 Å². The number of aryl methyl sites for hydroxylation is 1. The third-order valence-electron chi connectivity index (χ3n) is 6.20. The molecule has 1 aromatic carbocycles. The topological polar surface area (TPSA) is 49.9 Å². The summed E-state index contributed by atoms with van der Waals surface area (Å²) < 4.78 is 5.33. The van der Waals surface area contributed by atoms with Crippen LogP contribution in [-0.4, -0.2) is 61.0 Å². The molecule has 4 rings (SSSR count). The third kappa shape index (κ3) is 3.63. The smallest absolute Gasteiger partial charge is 0.225 e. The fraction of sp³-hybridized carbons (Fsp3) is 0.619. The van der Waals surface area contributed by atoms with E-state index in [2.05, 4.69) is 24.3 Å². The van der Waals surface area contributed by atoms with Crippen LogP contribution >= 0.6 is 0 Å². The second-order valence-corrected chi connectivity index (χ2v) is 7.73.